The Balaban J connectivity index is 2.01. The SMILES string of the molecule is C=CC(=O)N(Cc1cnsc1)CC(OC)C1CCCCC1. The number of hydrogen-bond donors (Lipinski definition) is 0. The number of nitrogens with zero attached hydrogens (tertiary/aromatic N) is 2. The molecule has 21 heavy (non-hydrogen) atoms. The molecule has 2 rings (SSSR count). The molecule has 1 aliphatic carbocycles. The third-order valence-electron chi connectivity index (χ3n) is 4.22. The highest BCUT2D eigenvalue weighted by molar-refractivity contribution is 7.03. The van der Waals surface area contributed by atoms with Crippen molar-refractivity contribution in [3.8, 4) is 0 Å². The first-order valence-corrected chi connectivity index (χ1v) is 8.40. The fourth-order valence-corrected chi connectivity index (χ4v) is 3.55. The average molecular weight is 308 g/mol. The summed E-state index contributed by atoms with van der Waals surface area (Å²) in [5, 5.41) is 1.98. The molecule has 1 aromatic rings. The molecule has 5 heteroatoms. The molecule has 1 heterocycles. The summed E-state index contributed by atoms with van der Waals surface area (Å²) in [6.45, 7) is 4.82. The lowest BCUT2D eigenvalue weighted by Crippen LogP contribution is -2.40. The lowest BCUT2D eigenvalue weighted by atomic mass is 9.85. The molecule has 0 radical (unpaired) electrons. The number of ether oxygens (including phenoxy) is 1. The van der Waals surface area contributed by atoms with Gasteiger partial charge in [-0.05, 0) is 36.4 Å². The van der Waals surface area contributed by atoms with Crippen molar-refractivity contribution in [2.75, 3.05) is 13.7 Å². The van der Waals surface area contributed by atoms with Gasteiger partial charge in [0.15, 0.2) is 0 Å². The fourth-order valence-electron chi connectivity index (χ4n) is 3.03. The van der Waals surface area contributed by atoms with Crippen LogP contribution >= 0.6 is 11.5 Å². The Morgan fingerprint density at radius 2 is 2.33 bits per heavy atom. The Hall–Kier alpha value is -1.20. The maximum Gasteiger partial charge on any atom is 0.246 e. The minimum atomic E-state index is -0.0425. The number of carbonyl (C=O) groups is 1. The Labute approximate surface area is 131 Å². The lowest BCUT2D eigenvalue weighted by Gasteiger charge is -2.33. The summed E-state index contributed by atoms with van der Waals surface area (Å²) >= 11 is 1.41. The largest absolute Gasteiger partial charge is 0.379 e. The van der Waals surface area contributed by atoms with Crippen LogP contribution in [0.1, 0.15) is 37.7 Å². The van der Waals surface area contributed by atoms with Crippen LogP contribution in [0.3, 0.4) is 0 Å². The zero-order valence-electron chi connectivity index (χ0n) is 12.7. The Morgan fingerprint density at radius 3 is 2.90 bits per heavy atom. The van der Waals surface area contributed by atoms with Gasteiger partial charge in [0, 0.05) is 37.3 Å². The van der Waals surface area contributed by atoms with E-state index < -0.39 is 0 Å². The Bertz CT molecular complexity index is 441. The molecule has 0 aromatic carbocycles. The Morgan fingerprint density at radius 1 is 1.57 bits per heavy atom. The van der Waals surface area contributed by atoms with Gasteiger partial charge in [-0.3, -0.25) is 4.79 Å². The highest BCUT2D eigenvalue weighted by atomic mass is 32.1. The highest BCUT2D eigenvalue weighted by Gasteiger charge is 2.26. The van der Waals surface area contributed by atoms with E-state index in [9.17, 15) is 4.79 Å². The van der Waals surface area contributed by atoms with Gasteiger partial charge in [0.2, 0.25) is 5.91 Å². The van der Waals surface area contributed by atoms with Gasteiger partial charge in [-0.25, -0.2) is 4.37 Å². The third kappa shape index (κ3) is 4.64. The topological polar surface area (TPSA) is 42.4 Å². The van der Waals surface area contributed by atoms with Crippen LogP contribution in [-0.2, 0) is 16.1 Å². The normalized spacial score (nSPS) is 17.4. The van der Waals surface area contributed by atoms with Crippen molar-refractivity contribution >= 4 is 17.4 Å². The van der Waals surface area contributed by atoms with Gasteiger partial charge >= 0.3 is 0 Å². The van der Waals surface area contributed by atoms with E-state index >= 15 is 0 Å². The van der Waals surface area contributed by atoms with Crippen LogP contribution in [-0.4, -0.2) is 34.9 Å². The fraction of sp³-hybridized carbons (Fsp3) is 0.625. The van der Waals surface area contributed by atoms with Crippen LogP contribution in [0, 0.1) is 5.92 Å². The van der Waals surface area contributed by atoms with Crippen molar-refractivity contribution < 1.29 is 9.53 Å². The predicted molar refractivity (Wildman–Crippen MR) is 85.1 cm³/mol. The van der Waals surface area contributed by atoms with Crippen LogP contribution in [0.25, 0.3) is 0 Å². The van der Waals surface area contributed by atoms with Gasteiger partial charge in [0.1, 0.15) is 0 Å². The molecule has 1 unspecified atom stereocenters. The molecule has 0 aliphatic heterocycles. The molecule has 1 amide bonds. The van der Waals surface area contributed by atoms with Gasteiger partial charge in [0.25, 0.3) is 0 Å². The second kappa shape index (κ2) is 8.29. The lowest BCUT2D eigenvalue weighted by molar-refractivity contribution is -0.129. The highest BCUT2D eigenvalue weighted by Crippen LogP contribution is 2.28. The summed E-state index contributed by atoms with van der Waals surface area (Å²) in [7, 11) is 1.75. The van der Waals surface area contributed by atoms with Crippen LogP contribution < -0.4 is 0 Å². The summed E-state index contributed by atoms with van der Waals surface area (Å²) in [6, 6.07) is 0. The minimum Gasteiger partial charge on any atom is -0.379 e. The maximum atomic E-state index is 12.1. The summed E-state index contributed by atoms with van der Waals surface area (Å²) in [5.41, 5.74) is 1.06. The van der Waals surface area contributed by atoms with Crippen molar-refractivity contribution in [2.24, 2.45) is 5.92 Å². The van der Waals surface area contributed by atoms with E-state index in [0.29, 0.717) is 19.0 Å². The van der Waals surface area contributed by atoms with Crippen LogP contribution in [0.15, 0.2) is 24.2 Å². The second-order valence-corrected chi connectivity index (χ2v) is 6.29. The van der Waals surface area contributed by atoms with Crippen molar-refractivity contribution in [1.29, 1.82) is 0 Å². The Kier molecular flexibility index (Phi) is 6.39. The standard InChI is InChI=1S/C16H24N2O2S/c1-3-16(19)18(10-13-9-17-21-12-13)11-15(20-2)14-7-5-4-6-8-14/h3,9,12,14-15H,1,4-8,10-11H2,2H3. The third-order valence-corrected chi connectivity index (χ3v) is 4.86. The average Bonchev–Trinajstić information content (AvgIpc) is 3.04. The van der Waals surface area contributed by atoms with E-state index in [4.69, 9.17) is 4.74 Å². The second-order valence-electron chi connectivity index (χ2n) is 5.63. The van der Waals surface area contributed by atoms with Gasteiger partial charge < -0.3 is 9.64 Å². The van der Waals surface area contributed by atoms with Crippen molar-refractivity contribution in [2.45, 2.75) is 44.8 Å². The van der Waals surface area contributed by atoms with Crippen LogP contribution in [0.2, 0.25) is 0 Å². The predicted octanol–water partition coefficient (Wildman–Crippen LogP) is 3.25. The summed E-state index contributed by atoms with van der Waals surface area (Å²) < 4.78 is 9.79. The van der Waals surface area contributed by atoms with Crippen molar-refractivity contribution in [3.05, 3.63) is 29.8 Å². The van der Waals surface area contributed by atoms with Crippen LogP contribution in [0.5, 0.6) is 0 Å². The smallest absolute Gasteiger partial charge is 0.246 e. The van der Waals surface area contributed by atoms with Gasteiger partial charge in [-0.15, -0.1) is 0 Å². The van der Waals surface area contributed by atoms with Gasteiger partial charge in [0.05, 0.1) is 6.10 Å². The minimum absolute atomic E-state index is 0.0425. The number of amides is 1. The zero-order chi connectivity index (χ0) is 15.1. The number of carbonyl (C=O) groups excluding carboxylic acids is 1. The molecular formula is C16H24N2O2S. The number of rotatable bonds is 7. The molecule has 116 valence electrons. The summed E-state index contributed by atoms with van der Waals surface area (Å²) in [5.74, 6) is 0.517. The number of aromatic nitrogens is 1. The van der Waals surface area contributed by atoms with Crippen LogP contribution in [0.4, 0.5) is 0 Å². The van der Waals surface area contributed by atoms with E-state index in [0.717, 1.165) is 5.56 Å². The molecule has 0 N–H and O–H groups in total. The van der Waals surface area contributed by atoms with E-state index in [1.807, 2.05) is 16.5 Å². The van der Waals surface area contributed by atoms with E-state index in [1.54, 1.807) is 7.11 Å². The molecule has 0 spiro atoms. The zero-order valence-corrected chi connectivity index (χ0v) is 13.5. The molecule has 1 saturated carbocycles. The molecule has 4 nitrogen and oxygen atoms in total. The maximum absolute atomic E-state index is 12.1. The van der Waals surface area contributed by atoms with Crippen molar-refractivity contribution in [3.63, 3.8) is 0 Å². The first kappa shape index (κ1) is 16.2. The monoisotopic (exact) mass is 308 g/mol. The van der Waals surface area contributed by atoms with Crippen molar-refractivity contribution in [1.82, 2.24) is 9.27 Å². The van der Waals surface area contributed by atoms with Gasteiger partial charge in [-0.1, -0.05) is 25.8 Å². The molecule has 1 aromatic heterocycles. The molecule has 0 bridgehead atoms. The number of hydrogen-bond acceptors (Lipinski definition) is 4. The van der Waals surface area contributed by atoms with Gasteiger partial charge in [-0.2, -0.15) is 0 Å². The summed E-state index contributed by atoms with van der Waals surface area (Å²) in [6.07, 6.45) is 9.58. The molecule has 1 fully saturated rings. The molecular weight excluding hydrogens is 284 g/mol. The molecule has 1 atom stereocenters. The first-order chi connectivity index (χ1) is 10.2. The number of methoxy groups -OCH3 is 1. The molecule has 0 saturated heterocycles. The summed E-state index contributed by atoms with van der Waals surface area (Å²) in [4.78, 5) is 13.9. The molecule has 1 aliphatic rings. The van der Waals surface area contributed by atoms with E-state index in [1.165, 1.54) is 49.7 Å². The van der Waals surface area contributed by atoms with E-state index in [-0.39, 0.29) is 12.0 Å². The quantitative estimate of drug-likeness (QED) is 0.726. The first-order valence-electron chi connectivity index (χ1n) is 7.57. The van der Waals surface area contributed by atoms with E-state index in [2.05, 4.69) is 11.0 Å².